The molecule has 1 fully saturated rings. The second kappa shape index (κ2) is 7.27. The summed E-state index contributed by atoms with van der Waals surface area (Å²) in [6.45, 7) is 5.30. The maximum absolute atomic E-state index is 12.1. The van der Waals surface area contributed by atoms with Crippen LogP contribution in [0.4, 0.5) is 0 Å². The smallest absolute Gasteiger partial charge is 0.325 e. The molecule has 0 saturated carbocycles. The Morgan fingerprint density at radius 2 is 2.18 bits per heavy atom. The molecule has 0 unspecified atom stereocenters. The molecule has 1 amide bonds. The molecule has 0 aromatic rings. The third-order valence-corrected chi connectivity index (χ3v) is 2.64. The number of carbonyl (C=O) groups is 2. The van der Waals surface area contributed by atoms with Gasteiger partial charge in [0.2, 0.25) is 0 Å². The van der Waals surface area contributed by atoms with Gasteiger partial charge in [0.25, 0.3) is 5.91 Å². The zero-order chi connectivity index (χ0) is 12.7. The summed E-state index contributed by atoms with van der Waals surface area (Å²) in [4.78, 5) is 25.0. The van der Waals surface area contributed by atoms with Crippen molar-refractivity contribution in [3.63, 3.8) is 0 Å². The Morgan fingerprint density at radius 3 is 2.71 bits per heavy atom. The molecule has 0 N–H and O–H groups in total. The fourth-order valence-electron chi connectivity index (χ4n) is 1.88. The number of amides is 1. The maximum Gasteiger partial charge on any atom is 0.325 e. The Kier molecular flexibility index (Phi) is 5.97. The molecular weight excluding hydrogens is 222 g/mol. The molecule has 1 aliphatic heterocycles. The molecule has 0 aromatic heterocycles. The number of carbonyl (C=O) groups excluding carboxylic acids is 2. The zero-order valence-corrected chi connectivity index (χ0v) is 10.6. The van der Waals surface area contributed by atoms with E-state index in [-0.39, 0.29) is 24.5 Å². The van der Waals surface area contributed by atoms with Crippen molar-refractivity contribution in [2.24, 2.45) is 0 Å². The van der Waals surface area contributed by atoms with E-state index in [1.807, 2.05) is 6.92 Å². The monoisotopic (exact) mass is 243 g/mol. The van der Waals surface area contributed by atoms with Gasteiger partial charge in [0.05, 0.1) is 6.61 Å². The van der Waals surface area contributed by atoms with Crippen LogP contribution < -0.4 is 0 Å². The van der Waals surface area contributed by atoms with Gasteiger partial charge in [-0.1, -0.05) is 6.92 Å². The Balaban J connectivity index is 2.51. The van der Waals surface area contributed by atoms with Gasteiger partial charge in [0.1, 0.15) is 12.6 Å². The number of hydrogen-bond donors (Lipinski definition) is 0. The first-order valence-corrected chi connectivity index (χ1v) is 6.25. The van der Waals surface area contributed by atoms with E-state index in [4.69, 9.17) is 9.47 Å². The molecule has 1 saturated heterocycles. The van der Waals surface area contributed by atoms with Crippen LogP contribution in [0.2, 0.25) is 0 Å². The Labute approximate surface area is 102 Å². The lowest BCUT2D eigenvalue weighted by Crippen LogP contribution is -2.42. The molecule has 1 aliphatic rings. The second-order valence-corrected chi connectivity index (χ2v) is 4.07. The Morgan fingerprint density at radius 1 is 1.41 bits per heavy atom. The molecule has 1 rings (SSSR count). The summed E-state index contributed by atoms with van der Waals surface area (Å²) in [5.41, 5.74) is 0. The molecule has 0 aliphatic carbocycles. The Hall–Kier alpha value is -1.10. The first-order valence-electron chi connectivity index (χ1n) is 6.25. The van der Waals surface area contributed by atoms with Gasteiger partial charge in [0.15, 0.2) is 0 Å². The highest BCUT2D eigenvalue weighted by Crippen LogP contribution is 2.15. The molecule has 5 heteroatoms. The van der Waals surface area contributed by atoms with Crippen LogP contribution in [0.5, 0.6) is 0 Å². The van der Waals surface area contributed by atoms with Crippen molar-refractivity contribution < 1.29 is 19.1 Å². The molecule has 0 bridgehead atoms. The number of hydrogen-bond acceptors (Lipinski definition) is 4. The van der Waals surface area contributed by atoms with E-state index in [1.165, 1.54) is 4.90 Å². The summed E-state index contributed by atoms with van der Waals surface area (Å²) >= 11 is 0. The molecular formula is C12H21NO4. The van der Waals surface area contributed by atoms with Crippen LogP contribution in [0.3, 0.4) is 0 Å². The first-order chi connectivity index (χ1) is 8.19. The van der Waals surface area contributed by atoms with Gasteiger partial charge in [-0.15, -0.1) is 0 Å². The summed E-state index contributed by atoms with van der Waals surface area (Å²) in [5, 5.41) is 0. The Bertz CT molecular complexity index is 261. The highest BCUT2D eigenvalue weighted by Gasteiger charge is 2.29. The van der Waals surface area contributed by atoms with Gasteiger partial charge in [-0.25, -0.2) is 0 Å². The molecule has 0 spiro atoms. The molecule has 0 aromatic carbocycles. The topological polar surface area (TPSA) is 55.8 Å². The number of esters is 1. The average molecular weight is 243 g/mol. The number of nitrogens with zero attached hydrogens (tertiary/aromatic N) is 1. The van der Waals surface area contributed by atoms with Crippen LogP contribution >= 0.6 is 0 Å². The minimum absolute atomic E-state index is 0.0281. The highest BCUT2D eigenvalue weighted by molar-refractivity contribution is 5.85. The minimum Gasteiger partial charge on any atom is -0.465 e. The van der Waals surface area contributed by atoms with Gasteiger partial charge in [-0.3, -0.25) is 9.59 Å². The largest absolute Gasteiger partial charge is 0.465 e. The summed E-state index contributed by atoms with van der Waals surface area (Å²) in [6.07, 6.45) is 2.12. The summed E-state index contributed by atoms with van der Waals surface area (Å²) in [6, 6.07) is 0. The SMILES string of the molecule is CCCN(CC(=O)OCC)C(=O)[C@@H]1CCCO1. The van der Waals surface area contributed by atoms with Crippen LogP contribution in [0.15, 0.2) is 0 Å². The van der Waals surface area contributed by atoms with E-state index >= 15 is 0 Å². The van der Waals surface area contributed by atoms with Gasteiger partial charge in [0, 0.05) is 13.2 Å². The lowest BCUT2D eigenvalue weighted by atomic mass is 10.2. The van der Waals surface area contributed by atoms with Crippen LogP contribution in [0, 0.1) is 0 Å². The predicted molar refractivity (Wildman–Crippen MR) is 62.5 cm³/mol. The van der Waals surface area contributed by atoms with Crippen molar-refractivity contribution in [2.45, 2.75) is 39.2 Å². The maximum atomic E-state index is 12.1. The second-order valence-electron chi connectivity index (χ2n) is 4.07. The lowest BCUT2D eigenvalue weighted by molar-refractivity contribution is -0.152. The summed E-state index contributed by atoms with van der Waals surface area (Å²) in [5.74, 6) is -0.440. The quantitative estimate of drug-likeness (QED) is 0.652. The number of rotatable bonds is 6. The molecule has 17 heavy (non-hydrogen) atoms. The van der Waals surface area contributed by atoms with E-state index < -0.39 is 0 Å². The third-order valence-electron chi connectivity index (χ3n) is 2.64. The summed E-state index contributed by atoms with van der Waals surface area (Å²) < 4.78 is 10.2. The van der Waals surface area contributed by atoms with E-state index in [0.717, 1.165) is 19.3 Å². The van der Waals surface area contributed by atoms with Crippen LogP contribution in [-0.4, -0.2) is 49.2 Å². The standard InChI is InChI=1S/C12H21NO4/c1-3-7-13(9-11(14)16-4-2)12(15)10-6-5-8-17-10/h10H,3-9H2,1-2H3/t10-/m0/s1. The predicted octanol–water partition coefficient (Wildman–Crippen LogP) is 0.967. The van der Waals surface area contributed by atoms with E-state index in [1.54, 1.807) is 6.92 Å². The summed E-state index contributed by atoms with van der Waals surface area (Å²) in [7, 11) is 0. The molecule has 98 valence electrons. The number of ether oxygens (including phenoxy) is 2. The minimum atomic E-state index is -0.365. The van der Waals surface area contributed by atoms with Crippen molar-refractivity contribution in [1.82, 2.24) is 4.90 Å². The van der Waals surface area contributed by atoms with Gasteiger partial charge in [-0.05, 0) is 26.2 Å². The molecule has 5 nitrogen and oxygen atoms in total. The normalized spacial score (nSPS) is 19.1. The highest BCUT2D eigenvalue weighted by atomic mass is 16.5. The van der Waals surface area contributed by atoms with Crippen LogP contribution in [0.25, 0.3) is 0 Å². The van der Waals surface area contributed by atoms with Gasteiger partial charge in [-0.2, -0.15) is 0 Å². The fraction of sp³-hybridized carbons (Fsp3) is 0.833. The third kappa shape index (κ3) is 4.34. The van der Waals surface area contributed by atoms with E-state index in [9.17, 15) is 9.59 Å². The van der Waals surface area contributed by atoms with Crippen molar-refractivity contribution >= 4 is 11.9 Å². The van der Waals surface area contributed by atoms with Gasteiger partial charge < -0.3 is 14.4 Å². The van der Waals surface area contributed by atoms with Crippen molar-refractivity contribution in [3.05, 3.63) is 0 Å². The van der Waals surface area contributed by atoms with Crippen molar-refractivity contribution in [3.8, 4) is 0 Å². The van der Waals surface area contributed by atoms with E-state index in [2.05, 4.69) is 0 Å². The van der Waals surface area contributed by atoms with Crippen LogP contribution in [0.1, 0.15) is 33.1 Å². The molecule has 1 atom stereocenters. The zero-order valence-electron chi connectivity index (χ0n) is 10.6. The van der Waals surface area contributed by atoms with Crippen molar-refractivity contribution in [2.75, 3.05) is 26.3 Å². The average Bonchev–Trinajstić information content (AvgIpc) is 2.81. The van der Waals surface area contributed by atoms with Crippen LogP contribution in [-0.2, 0) is 19.1 Å². The molecule has 1 heterocycles. The first kappa shape index (κ1) is 14.0. The van der Waals surface area contributed by atoms with Gasteiger partial charge >= 0.3 is 5.97 Å². The lowest BCUT2D eigenvalue weighted by Gasteiger charge is -2.23. The van der Waals surface area contributed by atoms with E-state index in [0.29, 0.717) is 19.8 Å². The fourth-order valence-corrected chi connectivity index (χ4v) is 1.88. The van der Waals surface area contributed by atoms with Crippen molar-refractivity contribution in [1.29, 1.82) is 0 Å². The molecule has 0 radical (unpaired) electrons.